The Morgan fingerprint density at radius 2 is 1.52 bits per heavy atom. The van der Waals surface area contributed by atoms with Crippen molar-refractivity contribution in [3.05, 3.63) is 29.8 Å². The summed E-state index contributed by atoms with van der Waals surface area (Å²) < 4.78 is 18.2. The van der Waals surface area contributed by atoms with Crippen LogP contribution in [0.15, 0.2) is 38.2 Å². The first-order valence-electron chi connectivity index (χ1n) is 9.12. The van der Waals surface area contributed by atoms with Crippen LogP contribution < -0.4 is 4.74 Å². The molecule has 4 nitrogen and oxygen atoms in total. The van der Waals surface area contributed by atoms with Crippen LogP contribution in [-0.4, -0.2) is 30.6 Å². The molecule has 0 aromatic heterocycles. The molecule has 0 unspecified atom stereocenters. The summed E-state index contributed by atoms with van der Waals surface area (Å²) in [7, 11) is -2.82. The van der Waals surface area contributed by atoms with Crippen molar-refractivity contribution in [1.82, 2.24) is 0 Å². The maximum atomic E-state index is 5.85. The quantitative estimate of drug-likeness (QED) is 0.207. The van der Waals surface area contributed by atoms with Gasteiger partial charge in [0.2, 0.25) is 0 Å². The van der Waals surface area contributed by atoms with Gasteiger partial charge in [-0.05, 0) is 85.4 Å². The number of ether oxygens (including phenoxy) is 1. The third-order valence-corrected chi connectivity index (χ3v) is 8.16. The summed E-state index contributed by atoms with van der Waals surface area (Å²) in [4.78, 5) is 0. The topological polar surface area (TPSA) is 46.3 Å². The highest BCUT2D eigenvalue weighted by molar-refractivity contribution is 7.78. The summed E-state index contributed by atoms with van der Waals surface area (Å²) in [6.45, 7) is 2.88. The maximum Gasteiger partial charge on any atom is 0.461 e. The van der Waals surface area contributed by atoms with Crippen molar-refractivity contribution in [2.24, 2.45) is 19.9 Å². The Balaban J connectivity index is 1.86. The van der Waals surface area contributed by atoms with E-state index in [1.54, 1.807) is 0 Å². The van der Waals surface area contributed by atoms with Gasteiger partial charge in [0.15, 0.2) is 0 Å². The fourth-order valence-electron chi connectivity index (χ4n) is 3.39. The van der Waals surface area contributed by atoms with E-state index in [9.17, 15) is 0 Å². The lowest BCUT2D eigenvalue weighted by molar-refractivity contribution is 0.316. The normalized spacial score (nSPS) is 20.9. The van der Waals surface area contributed by atoms with Gasteiger partial charge in [-0.25, -0.2) is 14.0 Å². The Morgan fingerprint density at radius 3 is 2.04 bits per heavy atom. The van der Waals surface area contributed by atoms with E-state index in [1.165, 1.54) is 31.2 Å². The van der Waals surface area contributed by atoms with Crippen molar-refractivity contribution in [3.8, 4) is 5.75 Å². The number of hydrogen-bond donors (Lipinski definition) is 0. The number of thiocarbonyl (C=S) groups is 3. The zero-order valence-electron chi connectivity index (χ0n) is 15.4. The molecule has 2 rings (SSSR count). The van der Waals surface area contributed by atoms with Crippen LogP contribution in [0, 0.1) is 5.92 Å². The number of rotatable bonds is 9. The zero-order chi connectivity index (χ0) is 19.5. The molecule has 0 N–H and O–H groups in total. The van der Waals surface area contributed by atoms with Gasteiger partial charge in [0.1, 0.15) is 5.75 Å². The molecule has 1 aromatic rings. The van der Waals surface area contributed by atoms with Gasteiger partial charge in [0, 0.05) is 6.04 Å². The van der Waals surface area contributed by atoms with E-state index in [0.717, 1.165) is 11.7 Å². The Bertz CT molecular complexity index is 713. The van der Waals surface area contributed by atoms with Gasteiger partial charge < -0.3 is 4.74 Å². The molecule has 1 fully saturated rings. The van der Waals surface area contributed by atoms with E-state index in [4.69, 9.17) is 41.4 Å². The molecule has 0 radical (unpaired) electrons. The van der Waals surface area contributed by atoms with Crippen LogP contribution in [0.25, 0.3) is 0 Å². The van der Waals surface area contributed by atoms with E-state index < -0.39 is 8.56 Å². The average Bonchev–Trinajstić information content (AvgIpc) is 2.67. The van der Waals surface area contributed by atoms with E-state index in [2.05, 4.69) is 60.6 Å². The third kappa shape index (κ3) is 6.94. The molecular formula is C19H23N3OS3Si. The van der Waals surface area contributed by atoms with Crippen LogP contribution in [0.3, 0.4) is 0 Å². The highest BCUT2D eigenvalue weighted by Gasteiger charge is 2.33. The Morgan fingerprint density at radius 1 is 0.963 bits per heavy atom. The van der Waals surface area contributed by atoms with Crippen molar-refractivity contribution in [3.63, 3.8) is 0 Å². The molecule has 0 aliphatic heterocycles. The third-order valence-electron chi connectivity index (χ3n) is 4.97. The fraction of sp³-hybridized carbons (Fsp3) is 0.526. The van der Waals surface area contributed by atoms with Gasteiger partial charge in [-0.3, -0.25) is 0 Å². The second-order valence-corrected chi connectivity index (χ2v) is 10.1. The molecular weight excluding hydrogens is 411 g/mol. The first-order chi connectivity index (χ1) is 13.1. The molecule has 1 aliphatic carbocycles. The van der Waals surface area contributed by atoms with E-state index >= 15 is 0 Å². The lowest BCUT2D eigenvalue weighted by Gasteiger charge is -2.26. The SMILES string of the molecule is C[C@H]1CC[C@H](c2ccc(OCCC[Si](N=C=S)(N=C=S)N=C=S)cc2)CC1. The largest absolute Gasteiger partial charge is 0.494 e. The van der Waals surface area contributed by atoms with Gasteiger partial charge in [-0.2, -0.15) is 0 Å². The molecule has 0 spiro atoms. The fourth-order valence-corrected chi connectivity index (χ4v) is 6.25. The van der Waals surface area contributed by atoms with E-state index in [0.29, 0.717) is 25.0 Å². The monoisotopic (exact) mass is 433 g/mol. The van der Waals surface area contributed by atoms with Crippen molar-refractivity contribution >= 4 is 60.7 Å². The van der Waals surface area contributed by atoms with Crippen LogP contribution in [0.1, 0.15) is 50.5 Å². The van der Waals surface area contributed by atoms with Crippen LogP contribution in [0.5, 0.6) is 5.75 Å². The highest BCUT2D eigenvalue weighted by atomic mass is 32.1. The molecule has 27 heavy (non-hydrogen) atoms. The Labute approximate surface area is 178 Å². The molecule has 0 heterocycles. The van der Waals surface area contributed by atoms with Gasteiger partial charge in [-0.1, -0.05) is 31.9 Å². The van der Waals surface area contributed by atoms with Crippen LogP contribution in [0.4, 0.5) is 0 Å². The number of benzene rings is 1. The van der Waals surface area contributed by atoms with Gasteiger partial charge >= 0.3 is 8.56 Å². The smallest absolute Gasteiger partial charge is 0.461 e. The van der Waals surface area contributed by atoms with Crippen molar-refractivity contribution in [2.45, 2.75) is 51.0 Å². The number of hydrogen-bond acceptors (Lipinski definition) is 7. The van der Waals surface area contributed by atoms with Crippen molar-refractivity contribution < 1.29 is 4.74 Å². The summed E-state index contributed by atoms with van der Waals surface area (Å²) in [6, 6.07) is 9.06. The summed E-state index contributed by atoms with van der Waals surface area (Å²) in [5.74, 6) is 2.42. The minimum absolute atomic E-state index is 0.530. The van der Waals surface area contributed by atoms with E-state index in [1.807, 2.05) is 0 Å². The van der Waals surface area contributed by atoms with Crippen LogP contribution >= 0.6 is 36.7 Å². The number of isothiocyanates is 3. The average molecular weight is 434 g/mol. The second kappa shape index (κ2) is 11.5. The highest BCUT2D eigenvalue weighted by Crippen LogP contribution is 2.35. The lowest BCUT2D eigenvalue weighted by atomic mass is 9.79. The van der Waals surface area contributed by atoms with E-state index in [-0.39, 0.29) is 0 Å². The predicted octanol–water partition coefficient (Wildman–Crippen LogP) is 6.00. The summed E-state index contributed by atoms with van der Waals surface area (Å²) in [5, 5.41) is 7.04. The second-order valence-electron chi connectivity index (χ2n) is 6.86. The molecule has 0 saturated heterocycles. The zero-order valence-corrected chi connectivity index (χ0v) is 18.8. The van der Waals surface area contributed by atoms with Crippen molar-refractivity contribution in [1.29, 1.82) is 0 Å². The molecule has 0 bridgehead atoms. The molecule has 1 aliphatic rings. The van der Waals surface area contributed by atoms with Gasteiger partial charge in [0.25, 0.3) is 0 Å². The lowest BCUT2D eigenvalue weighted by Crippen LogP contribution is -2.28. The molecule has 0 amide bonds. The first-order valence-corrected chi connectivity index (χ1v) is 12.4. The summed E-state index contributed by atoms with van der Waals surface area (Å²) in [6.07, 6.45) is 5.93. The van der Waals surface area contributed by atoms with Gasteiger partial charge in [0.05, 0.1) is 22.1 Å². The minimum atomic E-state index is -2.82. The Kier molecular flexibility index (Phi) is 9.32. The molecule has 0 atom stereocenters. The van der Waals surface area contributed by atoms with Crippen LogP contribution in [0.2, 0.25) is 6.04 Å². The van der Waals surface area contributed by atoms with Gasteiger partial charge in [-0.15, -0.1) is 0 Å². The molecule has 142 valence electrons. The van der Waals surface area contributed by atoms with Crippen LogP contribution in [-0.2, 0) is 0 Å². The minimum Gasteiger partial charge on any atom is -0.494 e. The Hall–Kier alpha value is -1.36. The van der Waals surface area contributed by atoms with Crippen molar-refractivity contribution in [2.75, 3.05) is 6.61 Å². The molecule has 8 heteroatoms. The first kappa shape index (κ1) is 21.9. The molecule has 1 aromatic carbocycles. The maximum absolute atomic E-state index is 5.85. The predicted molar refractivity (Wildman–Crippen MR) is 123 cm³/mol. The summed E-state index contributed by atoms with van der Waals surface area (Å²) in [5.41, 5.74) is 1.42. The molecule has 1 saturated carbocycles. The number of nitrogens with zero attached hydrogens (tertiary/aromatic N) is 3. The standard InChI is InChI=1S/C19H23N3OS3Si/c1-16-3-5-17(6-4-16)18-7-9-19(10-8-18)23-11-2-12-27(20-13-24,21-14-25)22-15-26/h7-10,16-17H,2-6,11-12H2,1H3/t16-,17-. The summed E-state index contributed by atoms with van der Waals surface area (Å²) >= 11 is 14.1.